The molecule has 0 bridgehead atoms. The molecule has 1 nitrogen and oxygen atoms in total. The molecular weight excluding hydrogens is 256 g/mol. The van der Waals surface area contributed by atoms with Gasteiger partial charge in [-0.05, 0) is 42.4 Å². The van der Waals surface area contributed by atoms with Crippen LogP contribution in [0.2, 0.25) is 0 Å². The average molecular weight is 288 g/mol. The fourth-order valence-electron chi connectivity index (χ4n) is 3.44. The maximum atomic E-state index is 10.3. The number of aryl methyl sites for hydroxylation is 2. The lowest BCUT2D eigenvalue weighted by molar-refractivity contribution is 0.163. The standard InChI is InChI=1S/C20H32O/c1-2-3-4-5-6-7-8-9-13-20(21)19-15-14-17-11-10-12-18(17)16-19/h14-16,20-21H,2-13H2,1H3. The predicted molar refractivity (Wildman–Crippen MR) is 90.7 cm³/mol. The molecule has 0 spiro atoms. The Kier molecular flexibility index (Phi) is 7.29. The van der Waals surface area contributed by atoms with E-state index in [9.17, 15) is 5.11 Å². The Morgan fingerprint density at radius 2 is 1.57 bits per heavy atom. The summed E-state index contributed by atoms with van der Waals surface area (Å²) in [6, 6.07) is 6.62. The van der Waals surface area contributed by atoms with Crippen molar-refractivity contribution in [1.29, 1.82) is 0 Å². The molecule has 1 unspecified atom stereocenters. The Morgan fingerprint density at radius 3 is 2.33 bits per heavy atom. The van der Waals surface area contributed by atoms with Crippen LogP contribution in [0.25, 0.3) is 0 Å². The number of hydrogen-bond donors (Lipinski definition) is 1. The van der Waals surface area contributed by atoms with E-state index < -0.39 is 0 Å². The van der Waals surface area contributed by atoms with Gasteiger partial charge in [-0.25, -0.2) is 0 Å². The van der Waals surface area contributed by atoms with Crippen LogP contribution in [0.1, 0.15) is 93.9 Å². The molecule has 1 aromatic carbocycles. The quantitative estimate of drug-likeness (QED) is 0.544. The molecular formula is C20H32O. The topological polar surface area (TPSA) is 20.2 Å². The van der Waals surface area contributed by atoms with Crippen LogP contribution in [-0.4, -0.2) is 5.11 Å². The van der Waals surface area contributed by atoms with Crippen LogP contribution < -0.4 is 0 Å². The number of benzene rings is 1. The summed E-state index contributed by atoms with van der Waals surface area (Å²) in [5.41, 5.74) is 4.11. The van der Waals surface area contributed by atoms with Crippen LogP contribution in [0.4, 0.5) is 0 Å². The lowest BCUT2D eigenvalue weighted by Crippen LogP contribution is -1.99. The summed E-state index contributed by atoms with van der Waals surface area (Å²) in [6.45, 7) is 2.26. The summed E-state index contributed by atoms with van der Waals surface area (Å²) < 4.78 is 0. The van der Waals surface area contributed by atoms with Gasteiger partial charge in [0.05, 0.1) is 6.10 Å². The van der Waals surface area contributed by atoms with Crippen molar-refractivity contribution in [3.05, 3.63) is 34.9 Å². The normalized spacial score (nSPS) is 15.1. The lowest BCUT2D eigenvalue weighted by Gasteiger charge is -2.12. The predicted octanol–water partition coefficient (Wildman–Crippen LogP) is 5.74. The van der Waals surface area contributed by atoms with Crippen molar-refractivity contribution in [3.8, 4) is 0 Å². The van der Waals surface area contributed by atoms with Crippen molar-refractivity contribution in [3.63, 3.8) is 0 Å². The van der Waals surface area contributed by atoms with Gasteiger partial charge in [0.25, 0.3) is 0 Å². The van der Waals surface area contributed by atoms with Crippen molar-refractivity contribution in [2.75, 3.05) is 0 Å². The molecule has 0 fully saturated rings. The Morgan fingerprint density at radius 1 is 0.905 bits per heavy atom. The summed E-state index contributed by atoms with van der Waals surface area (Å²) in [5.74, 6) is 0. The highest BCUT2D eigenvalue weighted by atomic mass is 16.3. The number of rotatable bonds is 10. The first-order chi connectivity index (χ1) is 10.3. The largest absolute Gasteiger partial charge is 0.388 e. The molecule has 1 aliphatic rings. The fraction of sp³-hybridized carbons (Fsp3) is 0.700. The summed E-state index contributed by atoms with van der Waals surface area (Å²) in [7, 11) is 0. The molecule has 21 heavy (non-hydrogen) atoms. The molecule has 0 saturated heterocycles. The zero-order chi connectivity index (χ0) is 14.9. The minimum Gasteiger partial charge on any atom is -0.388 e. The first-order valence-corrected chi connectivity index (χ1v) is 9.11. The van der Waals surface area contributed by atoms with E-state index in [4.69, 9.17) is 0 Å². The van der Waals surface area contributed by atoms with Gasteiger partial charge in [-0.1, -0.05) is 76.5 Å². The Balaban J connectivity index is 1.60. The zero-order valence-corrected chi connectivity index (χ0v) is 13.7. The van der Waals surface area contributed by atoms with Gasteiger partial charge in [-0.3, -0.25) is 0 Å². The minimum absolute atomic E-state index is 0.254. The smallest absolute Gasteiger partial charge is 0.0790 e. The first-order valence-electron chi connectivity index (χ1n) is 9.11. The van der Waals surface area contributed by atoms with E-state index >= 15 is 0 Å². The molecule has 1 N–H and O–H groups in total. The first kappa shape index (κ1) is 16.5. The SMILES string of the molecule is CCCCCCCCCCC(O)c1ccc2c(c1)CCC2. The maximum absolute atomic E-state index is 10.3. The minimum atomic E-state index is -0.254. The van der Waals surface area contributed by atoms with E-state index in [-0.39, 0.29) is 6.10 Å². The van der Waals surface area contributed by atoms with Crippen LogP contribution in [0.5, 0.6) is 0 Å². The van der Waals surface area contributed by atoms with E-state index in [0.29, 0.717) is 0 Å². The van der Waals surface area contributed by atoms with Crippen LogP contribution in [0.15, 0.2) is 18.2 Å². The molecule has 0 saturated carbocycles. The summed E-state index contributed by atoms with van der Waals surface area (Å²) >= 11 is 0. The van der Waals surface area contributed by atoms with Crippen molar-refractivity contribution < 1.29 is 5.11 Å². The Hall–Kier alpha value is -0.820. The van der Waals surface area contributed by atoms with Crippen LogP contribution >= 0.6 is 0 Å². The molecule has 2 rings (SSSR count). The van der Waals surface area contributed by atoms with Gasteiger partial charge in [-0.2, -0.15) is 0 Å². The monoisotopic (exact) mass is 288 g/mol. The summed E-state index contributed by atoms with van der Waals surface area (Å²) in [6.07, 6.45) is 15.0. The third-order valence-electron chi connectivity index (χ3n) is 4.84. The number of unbranched alkanes of at least 4 members (excludes halogenated alkanes) is 7. The van der Waals surface area contributed by atoms with Crippen molar-refractivity contribution in [1.82, 2.24) is 0 Å². The Labute approximate surface area is 130 Å². The van der Waals surface area contributed by atoms with Crippen LogP contribution in [-0.2, 0) is 12.8 Å². The van der Waals surface area contributed by atoms with Gasteiger partial charge < -0.3 is 5.11 Å². The van der Waals surface area contributed by atoms with Crippen molar-refractivity contribution in [2.45, 2.75) is 90.1 Å². The van der Waals surface area contributed by atoms with Gasteiger partial charge in [0.1, 0.15) is 0 Å². The van der Waals surface area contributed by atoms with Gasteiger partial charge in [-0.15, -0.1) is 0 Å². The molecule has 118 valence electrons. The number of aliphatic hydroxyl groups excluding tert-OH is 1. The molecule has 0 radical (unpaired) electrons. The molecule has 0 heterocycles. The highest BCUT2D eigenvalue weighted by Crippen LogP contribution is 2.27. The van der Waals surface area contributed by atoms with E-state index in [1.165, 1.54) is 75.3 Å². The maximum Gasteiger partial charge on any atom is 0.0790 e. The molecule has 0 aliphatic heterocycles. The number of aliphatic hydroxyl groups is 1. The molecule has 0 amide bonds. The second-order valence-corrected chi connectivity index (χ2v) is 6.66. The highest BCUT2D eigenvalue weighted by molar-refractivity contribution is 5.36. The third-order valence-corrected chi connectivity index (χ3v) is 4.84. The number of fused-ring (bicyclic) bond motifs is 1. The molecule has 1 aromatic rings. The van der Waals surface area contributed by atoms with E-state index in [2.05, 4.69) is 25.1 Å². The lowest BCUT2D eigenvalue weighted by atomic mass is 9.98. The molecule has 0 aromatic heterocycles. The average Bonchev–Trinajstić information content (AvgIpc) is 2.97. The van der Waals surface area contributed by atoms with Crippen molar-refractivity contribution in [2.24, 2.45) is 0 Å². The second-order valence-electron chi connectivity index (χ2n) is 6.66. The van der Waals surface area contributed by atoms with E-state index in [1.54, 1.807) is 0 Å². The summed E-state index contributed by atoms with van der Waals surface area (Å²) in [5, 5.41) is 10.3. The zero-order valence-electron chi connectivity index (χ0n) is 13.7. The van der Waals surface area contributed by atoms with E-state index in [0.717, 1.165) is 18.4 Å². The summed E-state index contributed by atoms with van der Waals surface area (Å²) in [4.78, 5) is 0. The van der Waals surface area contributed by atoms with Gasteiger partial charge in [0.2, 0.25) is 0 Å². The molecule has 1 aliphatic carbocycles. The highest BCUT2D eigenvalue weighted by Gasteiger charge is 2.14. The van der Waals surface area contributed by atoms with Gasteiger partial charge >= 0.3 is 0 Å². The van der Waals surface area contributed by atoms with Crippen LogP contribution in [0, 0.1) is 0 Å². The Bertz CT molecular complexity index is 410. The van der Waals surface area contributed by atoms with E-state index in [1.807, 2.05) is 0 Å². The second kappa shape index (κ2) is 9.25. The van der Waals surface area contributed by atoms with Gasteiger partial charge in [0, 0.05) is 0 Å². The van der Waals surface area contributed by atoms with Crippen molar-refractivity contribution >= 4 is 0 Å². The van der Waals surface area contributed by atoms with Crippen LogP contribution in [0.3, 0.4) is 0 Å². The van der Waals surface area contributed by atoms with Gasteiger partial charge in [0.15, 0.2) is 0 Å². The molecule has 1 heteroatoms. The third kappa shape index (κ3) is 5.47. The molecule has 1 atom stereocenters. The number of hydrogen-bond acceptors (Lipinski definition) is 1. The fourth-order valence-corrected chi connectivity index (χ4v) is 3.44.